The lowest BCUT2D eigenvalue weighted by Gasteiger charge is -2.35. The second-order valence-corrected chi connectivity index (χ2v) is 7.24. The molecule has 1 spiro atoms. The highest BCUT2D eigenvalue weighted by molar-refractivity contribution is 6.16. The van der Waals surface area contributed by atoms with Gasteiger partial charge in [-0.2, -0.15) is 5.90 Å². The Kier molecular flexibility index (Phi) is 4.49. The lowest BCUT2D eigenvalue weighted by Crippen LogP contribution is -2.35. The van der Waals surface area contributed by atoms with E-state index >= 15 is 0 Å². The number of carbonyl (C=O) groups is 2. The van der Waals surface area contributed by atoms with Gasteiger partial charge >= 0.3 is 0 Å². The summed E-state index contributed by atoms with van der Waals surface area (Å²) in [5.74, 6) is 5.28. The molecular formula is C19H25NO4. The van der Waals surface area contributed by atoms with Crippen LogP contribution in [-0.2, 0) is 14.3 Å². The number of ether oxygens (including phenoxy) is 1. The normalized spacial score (nSPS) is 30.2. The van der Waals surface area contributed by atoms with E-state index in [1.165, 1.54) is 0 Å². The molecule has 2 aliphatic rings. The molecular weight excluding hydrogens is 306 g/mol. The highest BCUT2D eigenvalue weighted by Gasteiger charge is 2.54. The van der Waals surface area contributed by atoms with Gasteiger partial charge in [0, 0.05) is 18.9 Å². The first-order valence-electron chi connectivity index (χ1n) is 8.49. The number of ketones is 2. The number of nitrogens with two attached hydrogens (primary N) is 1. The van der Waals surface area contributed by atoms with Crippen LogP contribution < -0.4 is 10.7 Å². The van der Waals surface area contributed by atoms with Crippen molar-refractivity contribution in [3.8, 4) is 5.75 Å². The van der Waals surface area contributed by atoms with Crippen molar-refractivity contribution in [2.45, 2.75) is 58.0 Å². The SMILES string of the molecule is COC1CCC2(CC1)CC(=O)C(c1c(C)cc(ON)cc1C)C2=O. The zero-order valence-corrected chi connectivity index (χ0v) is 14.6. The van der Waals surface area contributed by atoms with Crippen LogP contribution >= 0.6 is 0 Å². The number of rotatable bonds is 3. The number of hydrogen-bond donors (Lipinski definition) is 1. The summed E-state index contributed by atoms with van der Waals surface area (Å²) in [6.07, 6.45) is 3.76. The van der Waals surface area contributed by atoms with Crippen LogP contribution in [0.15, 0.2) is 12.1 Å². The second kappa shape index (κ2) is 6.30. The summed E-state index contributed by atoms with van der Waals surface area (Å²) < 4.78 is 5.41. The Labute approximate surface area is 142 Å². The number of Topliss-reactive ketones (excluding diaryl/α,β-unsaturated/α-hetero) is 2. The Morgan fingerprint density at radius 1 is 1.12 bits per heavy atom. The van der Waals surface area contributed by atoms with Gasteiger partial charge in [-0.25, -0.2) is 0 Å². The third kappa shape index (κ3) is 2.66. The Bertz CT molecular complexity index is 651. The quantitative estimate of drug-likeness (QED) is 0.680. The van der Waals surface area contributed by atoms with E-state index in [0.29, 0.717) is 12.2 Å². The first kappa shape index (κ1) is 17.1. The Balaban J connectivity index is 1.94. The molecule has 0 radical (unpaired) electrons. The maximum Gasteiger partial charge on any atom is 0.154 e. The van der Waals surface area contributed by atoms with E-state index in [0.717, 1.165) is 42.4 Å². The minimum atomic E-state index is -0.643. The summed E-state index contributed by atoms with van der Waals surface area (Å²) in [6, 6.07) is 3.57. The molecule has 1 aromatic carbocycles. The molecule has 130 valence electrons. The monoisotopic (exact) mass is 331 g/mol. The van der Waals surface area contributed by atoms with E-state index in [1.54, 1.807) is 19.2 Å². The molecule has 1 aromatic rings. The third-order valence-electron chi connectivity index (χ3n) is 5.83. The van der Waals surface area contributed by atoms with Gasteiger partial charge in [-0.15, -0.1) is 0 Å². The molecule has 2 saturated carbocycles. The van der Waals surface area contributed by atoms with Crippen molar-refractivity contribution < 1.29 is 19.2 Å². The van der Waals surface area contributed by atoms with Gasteiger partial charge in [0.2, 0.25) is 0 Å². The van der Waals surface area contributed by atoms with Crippen molar-refractivity contribution in [1.29, 1.82) is 0 Å². The van der Waals surface area contributed by atoms with Gasteiger partial charge in [0.15, 0.2) is 5.78 Å². The third-order valence-corrected chi connectivity index (χ3v) is 5.83. The van der Waals surface area contributed by atoms with Gasteiger partial charge < -0.3 is 9.57 Å². The van der Waals surface area contributed by atoms with E-state index < -0.39 is 11.3 Å². The lowest BCUT2D eigenvalue weighted by atomic mass is 9.70. The van der Waals surface area contributed by atoms with Gasteiger partial charge in [-0.05, 0) is 68.4 Å². The fraction of sp³-hybridized carbons (Fsp3) is 0.579. The average Bonchev–Trinajstić information content (AvgIpc) is 2.79. The highest BCUT2D eigenvalue weighted by Crippen LogP contribution is 2.51. The van der Waals surface area contributed by atoms with Crippen molar-refractivity contribution in [3.05, 3.63) is 28.8 Å². The average molecular weight is 331 g/mol. The number of carbonyl (C=O) groups excluding carboxylic acids is 2. The van der Waals surface area contributed by atoms with E-state index in [4.69, 9.17) is 15.5 Å². The van der Waals surface area contributed by atoms with Crippen molar-refractivity contribution >= 4 is 11.6 Å². The van der Waals surface area contributed by atoms with Gasteiger partial charge in [0.25, 0.3) is 0 Å². The standard InChI is InChI=1S/C19H25NO4/c1-11-8-14(24-20)9-12(2)16(11)17-15(21)10-19(18(17)22)6-4-13(23-3)5-7-19/h8-9,13,17H,4-7,10,20H2,1-3H3. The summed E-state index contributed by atoms with van der Waals surface area (Å²) in [5, 5.41) is 0. The predicted molar refractivity (Wildman–Crippen MR) is 89.8 cm³/mol. The van der Waals surface area contributed by atoms with Crippen LogP contribution in [0.4, 0.5) is 0 Å². The van der Waals surface area contributed by atoms with Gasteiger partial charge in [0.1, 0.15) is 17.5 Å². The van der Waals surface area contributed by atoms with Crippen LogP contribution in [0.2, 0.25) is 0 Å². The Hall–Kier alpha value is -1.72. The maximum absolute atomic E-state index is 13.2. The summed E-state index contributed by atoms with van der Waals surface area (Å²) in [5.41, 5.74) is 2.10. The van der Waals surface area contributed by atoms with Crippen LogP contribution in [-0.4, -0.2) is 24.8 Å². The van der Waals surface area contributed by atoms with Crippen LogP contribution in [0.1, 0.15) is 54.7 Å². The number of methoxy groups -OCH3 is 1. The minimum absolute atomic E-state index is 0.0449. The summed E-state index contributed by atoms with van der Waals surface area (Å²) in [4.78, 5) is 30.8. The molecule has 0 bridgehead atoms. The van der Waals surface area contributed by atoms with Crippen molar-refractivity contribution in [2.75, 3.05) is 7.11 Å². The molecule has 0 aromatic heterocycles. The van der Waals surface area contributed by atoms with Crippen LogP contribution in [0, 0.1) is 19.3 Å². The predicted octanol–water partition coefficient (Wildman–Crippen LogP) is 2.76. The first-order chi connectivity index (χ1) is 11.4. The molecule has 3 rings (SSSR count). The zero-order valence-electron chi connectivity index (χ0n) is 14.6. The van der Waals surface area contributed by atoms with E-state index in [9.17, 15) is 9.59 Å². The second-order valence-electron chi connectivity index (χ2n) is 7.24. The van der Waals surface area contributed by atoms with E-state index in [2.05, 4.69) is 0 Å². The molecule has 1 atom stereocenters. The van der Waals surface area contributed by atoms with Crippen LogP contribution in [0.3, 0.4) is 0 Å². The summed E-state index contributed by atoms with van der Waals surface area (Å²) in [7, 11) is 1.71. The maximum atomic E-state index is 13.2. The molecule has 1 unspecified atom stereocenters. The van der Waals surface area contributed by atoms with Crippen LogP contribution in [0.5, 0.6) is 5.75 Å². The molecule has 0 heterocycles. The smallest absolute Gasteiger partial charge is 0.154 e. The molecule has 2 N–H and O–H groups in total. The fourth-order valence-corrected chi connectivity index (χ4v) is 4.53. The molecule has 5 nitrogen and oxygen atoms in total. The van der Waals surface area contributed by atoms with E-state index in [-0.39, 0.29) is 17.7 Å². The van der Waals surface area contributed by atoms with Crippen molar-refractivity contribution in [2.24, 2.45) is 11.3 Å². The topological polar surface area (TPSA) is 78.6 Å². The number of benzene rings is 1. The summed E-state index contributed by atoms with van der Waals surface area (Å²) in [6.45, 7) is 3.80. The molecule has 24 heavy (non-hydrogen) atoms. The highest BCUT2D eigenvalue weighted by atomic mass is 16.6. The molecule has 0 saturated heterocycles. The van der Waals surface area contributed by atoms with Crippen molar-refractivity contribution in [1.82, 2.24) is 0 Å². The van der Waals surface area contributed by atoms with Crippen molar-refractivity contribution in [3.63, 3.8) is 0 Å². The van der Waals surface area contributed by atoms with Crippen LogP contribution in [0.25, 0.3) is 0 Å². The lowest BCUT2D eigenvalue weighted by molar-refractivity contribution is -0.130. The molecule has 0 aliphatic heterocycles. The van der Waals surface area contributed by atoms with Gasteiger partial charge in [0.05, 0.1) is 6.10 Å². The molecule has 2 aliphatic carbocycles. The molecule has 5 heteroatoms. The first-order valence-corrected chi connectivity index (χ1v) is 8.49. The largest absolute Gasteiger partial charge is 0.412 e. The summed E-state index contributed by atoms with van der Waals surface area (Å²) >= 11 is 0. The van der Waals surface area contributed by atoms with Gasteiger partial charge in [-0.1, -0.05) is 0 Å². The molecule has 0 amide bonds. The fourth-order valence-electron chi connectivity index (χ4n) is 4.53. The zero-order chi connectivity index (χ0) is 17.5. The number of aryl methyl sites for hydroxylation is 2. The number of hydrogen-bond acceptors (Lipinski definition) is 5. The Morgan fingerprint density at radius 2 is 1.71 bits per heavy atom. The van der Waals surface area contributed by atoms with E-state index in [1.807, 2.05) is 13.8 Å². The Morgan fingerprint density at radius 3 is 2.21 bits per heavy atom. The van der Waals surface area contributed by atoms with Gasteiger partial charge in [-0.3, -0.25) is 9.59 Å². The minimum Gasteiger partial charge on any atom is -0.412 e. The molecule has 2 fully saturated rings.